The number of carbonyl (C=O) groups excluding carboxylic acids is 2. The minimum Gasteiger partial charge on any atom is -0.466 e. The van der Waals surface area contributed by atoms with E-state index < -0.39 is 0 Å². The first-order valence-electron chi connectivity index (χ1n) is 6.90. The summed E-state index contributed by atoms with van der Waals surface area (Å²) < 4.78 is 6.75. The Hall–Kier alpha value is -1.98. The number of anilines is 1. The minimum absolute atomic E-state index is 0.0356. The average Bonchev–Trinajstić information content (AvgIpc) is 2.77. The first-order valence-corrected chi connectivity index (χ1v) is 6.90. The lowest BCUT2D eigenvalue weighted by molar-refractivity contribution is -0.149. The zero-order chi connectivity index (χ0) is 14.7. The number of nitrogens with two attached hydrogens (primary N) is 1. The molecule has 2 heterocycles. The third-order valence-electron chi connectivity index (χ3n) is 3.65. The van der Waals surface area contributed by atoms with E-state index in [4.69, 9.17) is 10.5 Å². The van der Waals surface area contributed by atoms with Crippen LogP contribution in [0.4, 0.5) is 5.69 Å². The smallest absolute Gasteiger partial charge is 0.309 e. The molecule has 1 saturated heterocycles. The molecule has 0 bridgehead atoms. The summed E-state index contributed by atoms with van der Waals surface area (Å²) in [5.41, 5.74) is 6.85. The maximum absolute atomic E-state index is 12.4. The van der Waals surface area contributed by atoms with E-state index >= 15 is 0 Å². The van der Waals surface area contributed by atoms with Crippen molar-refractivity contribution in [3.8, 4) is 0 Å². The fourth-order valence-corrected chi connectivity index (χ4v) is 2.54. The zero-order valence-electron chi connectivity index (χ0n) is 12.0. The summed E-state index contributed by atoms with van der Waals surface area (Å²) in [6, 6.07) is 1.68. The lowest BCUT2D eigenvalue weighted by Gasteiger charge is -2.30. The predicted octanol–water partition coefficient (Wildman–Crippen LogP) is 1.02. The van der Waals surface area contributed by atoms with Gasteiger partial charge in [0.25, 0.3) is 5.91 Å². The van der Waals surface area contributed by atoms with Gasteiger partial charge in [-0.2, -0.15) is 0 Å². The molecule has 1 fully saturated rings. The summed E-state index contributed by atoms with van der Waals surface area (Å²) in [7, 11) is 1.80. The lowest BCUT2D eigenvalue weighted by atomic mass is 9.97. The van der Waals surface area contributed by atoms with E-state index in [0.717, 1.165) is 0 Å². The van der Waals surface area contributed by atoms with Crippen LogP contribution in [0.1, 0.15) is 30.3 Å². The van der Waals surface area contributed by atoms with Crippen LogP contribution < -0.4 is 5.73 Å². The van der Waals surface area contributed by atoms with Crippen LogP contribution >= 0.6 is 0 Å². The molecule has 0 atom stereocenters. The largest absolute Gasteiger partial charge is 0.466 e. The van der Waals surface area contributed by atoms with Gasteiger partial charge >= 0.3 is 5.97 Å². The number of carbonyl (C=O) groups is 2. The van der Waals surface area contributed by atoms with Crippen molar-refractivity contribution in [1.82, 2.24) is 9.47 Å². The number of amides is 1. The molecule has 0 radical (unpaired) electrons. The third-order valence-corrected chi connectivity index (χ3v) is 3.65. The maximum atomic E-state index is 12.4. The molecule has 110 valence electrons. The van der Waals surface area contributed by atoms with E-state index in [1.54, 1.807) is 35.7 Å². The van der Waals surface area contributed by atoms with Gasteiger partial charge < -0.3 is 19.9 Å². The molecular formula is C14H21N3O3. The molecule has 20 heavy (non-hydrogen) atoms. The van der Waals surface area contributed by atoms with Gasteiger partial charge in [-0.05, 0) is 25.8 Å². The van der Waals surface area contributed by atoms with Crippen LogP contribution in [0.25, 0.3) is 0 Å². The number of aromatic nitrogens is 1. The second-order valence-electron chi connectivity index (χ2n) is 5.09. The molecule has 1 aromatic rings. The second-order valence-corrected chi connectivity index (χ2v) is 5.09. The van der Waals surface area contributed by atoms with Crippen molar-refractivity contribution in [2.75, 3.05) is 25.4 Å². The topological polar surface area (TPSA) is 77.6 Å². The van der Waals surface area contributed by atoms with Gasteiger partial charge in [0.05, 0.1) is 18.2 Å². The van der Waals surface area contributed by atoms with Crippen molar-refractivity contribution >= 4 is 17.6 Å². The molecule has 1 aromatic heterocycles. The van der Waals surface area contributed by atoms with Crippen LogP contribution in [0.15, 0.2) is 12.3 Å². The lowest BCUT2D eigenvalue weighted by Crippen LogP contribution is -2.41. The Morgan fingerprint density at radius 3 is 2.55 bits per heavy atom. The Morgan fingerprint density at radius 2 is 2.05 bits per heavy atom. The first-order chi connectivity index (χ1) is 9.52. The van der Waals surface area contributed by atoms with Crippen LogP contribution in [0.2, 0.25) is 0 Å². The zero-order valence-corrected chi connectivity index (χ0v) is 12.0. The third kappa shape index (κ3) is 2.95. The number of aryl methyl sites for hydroxylation is 1. The van der Waals surface area contributed by atoms with E-state index in [-0.39, 0.29) is 17.8 Å². The van der Waals surface area contributed by atoms with Crippen LogP contribution in [0, 0.1) is 5.92 Å². The highest BCUT2D eigenvalue weighted by molar-refractivity contribution is 5.94. The fraction of sp³-hybridized carbons (Fsp3) is 0.571. The Balaban J connectivity index is 1.95. The number of hydrogen-bond donors (Lipinski definition) is 1. The van der Waals surface area contributed by atoms with E-state index in [9.17, 15) is 9.59 Å². The quantitative estimate of drug-likeness (QED) is 0.838. The fourth-order valence-electron chi connectivity index (χ4n) is 2.54. The Morgan fingerprint density at radius 1 is 1.40 bits per heavy atom. The molecule has 0 saturated carbocycles. The highest BCUT2D eigenvalue weighted by Crippen LogP contribution is 2.21. The summed E-state index contributed by atoms with van der Waals surface area (Å²) in [5.74, 6) is -0.272. The summed E-state index contributed by atoms with van der Waals surface area (Å²) >= 11 is 0. The normalized spacial score (nSPS) is 16.2. The van der Waals surface area contributed by atoms with Crippen molar-refractivity contribution in [2.45, 2.75) is 19.8 Å². The van der Waals surface area contributed by atoms with Gasteiger partial charge in [0.1, 0.15) is 5.69 Å². The number of esters is 1. The van der Waals surface area contributed by atoms with Crippen LogP contribution in [-0.2, 0) is 16.6 Å². The van der Waals surface area contributed by atoms with E-state index in [0.29, 0.717) is 43.9 Å². The Labute approximate surface area is 118 Å². The maximum Gasteiger partial charge on any atom is 0.309 e. The molecule has 1 aliphatic heterocycles. The second kappa shape index (κ2) is 5.98. The molecule has 6 nitrogen and oxygen atoms in total. The number of likely N-dealkylation sites (tertiary alicyclic amines) is 1. The number of hydrogen-bond acceptors (Lipinski definition) is 4. The van der Waals surface area contributed by atoms with Crippen molar-refractivity contribution in [1.29, 1.82) is 0 Å². The SMILES string of the molecule is CCOC(=O)C1CCN(C(=O)c2cc(N)cn2C)CC1. The van der Waals surface area contributed by atoms with Crippen LogP contribution in [0.5, 0.6) is 0 Å². The Bertz CT molecular complexity index is 502. The van der Waals surface area contributed by atoms with Gasteiger partial charge in [-0.25, -0.2) is 0 Å². The molecular weight excluding hydrogens is 258 g/mol. The summed E-state index contributed by atoms with van der Waals surface area (Å²) in [5, 5.41) is 0. The van der Waals surface area contributed by atoms with Gasteiger partial charge in [-0.15, -0.1) is 0 Å². The summed E-state index contributed by atoms with van der Waals surface area (Å²) in [6.45, 7) is 3.36. The predicted molar refractivity (Wildman–Crippen MR) is 75.1 cm³/mol. The number of piperidine rings is 1. The Kier molecular flexibility index (Phi) is 4.32. The van der Waals surface area contributed by atoms with Crippen molar-refractivity contribution < 1.29 is 14.3 Å². The van der Waals surface area contributed by atoms with E-state index in [1.165, 1.54) is 0 Å². The number of nitrogens with zero attached hydrogens (tertiary/aromatic N) is 2. The van der Waals surface area contributed by atoms with Gasteiger partial charge in [-0.3, -0.25) is 9.59 Å². The van der Waals surface area contributed by atoms with Crippen LogP contribution in [0.3, 0.4) is 0 Å². The van der Waals surface area contributed by atoms with Gasteiger partial charge in [-0.1, -0.05) is 0 Å². The molecule has 0 unspecified atom stereocenters. The van der Waals surface area contributed by atoms with Gasteiger partial charge in [0, 0.05) is 26.3 Å². The molecule has 1 amide bonds. The summed E-state index contributed by atoms with van der Waals surface area (Å²) in [4.78, 5) is 25.8. The minimum atomic E-state index is -0.150. The first kappa shape index (κ1) is 14.4. The van der Waals surface area contributed by atoms with Crippen molar-refractivity contribution in [3.63, 3.8) is 0 Å². The number of ether oxygens (including phenoxy) is 1. The van der Waals surface area contributed by atoms with Gasteiger partial charge in [0.2, 0.25) is 0 Å². The van der Waals surface area contributed by atoms with Crippen molar-refractivity contribution in [3.05, 3.63) is 18.0 Å². The number of rotatable bonds is 3. The highest BCUT2D eigenvalue weighted by Gasteiger charge is 2.29. The molecule has 0 spiro atoms. The molecule has 6 heteroatoms. The van der Waals surface area contributed by atoms with Crippen LogP contribution in [-0.4, -0.2) is 41.0 Å². The van der Waals surface area contributed by atoms with Gasteiger partial charge in [0.15, 0.2) is 0 Å². The standard InChI is InChI=1S/C14H21N3O3/c1-3-20-14(19)10-4-6-17(7-5-10)13(18)12-8-11(15)9-16(12)2/h8-10H,3-7,15H2,1-2H3. The molecule has 0 aliphatic carbocycles. The highest BCUT2D eigenvalue weighted by atomic mass is 16.5. The molecule has 2 N–H and O–H groups in total. The van der Waals surface area contributed by atoms with E-state index in [2.05, 4.69) is 0 Å². The molecule has 0 aromatic carbocycles. The average molecular weight is 279 g/mol. The van der Waals surface area contributed by atoms with Crippen molar-refractivity contribution in [2.24, 2.45) is 13.0 Å². The number of nitrogen functional groups attached to an aromatic ring is 1. The molecule has 1 aliphatic rings. The van der Waals surface area contributed by atoms with E-state index in [1.807, 2.05) is 0 Å². The summed E-state index contributed by atoms with van der Waals surface area (Å²) in [6.07, 6.45) is 3.04. The molecule has 2 rings (SSSR count). The monoisotopic (exact) mass is 279 g/mol.